The highest BCUT2D eigenvalue weighted by Gasteiger charge is 2.30. The average molecular weight is 1510 g/mol. The van der Waals surface area contributed by atoms with Crippen LogP contribution in [0.15, 0.2) is 0 Å². The monoisotopic (exact) mass is 1510 g/mol. The number of unbranched alkanes of at least 4 members (excludes halogenated alkanes) is 45. The van der Waals surface area contributed by atoms with Crippen molar-refractivity contribution in [3.05, 3.63) is 0 Å². The fourth-order valence-electron chi connectivity index (χ4n) is 12.9. The molecule has 0 fully saturated rings. The number of ether oxygens (including phenoxy) is 4. The van der Waals surface area contributed by atoms with Gasteiger partial charge in [0, 0.05) is 25.7 Å². The van der Waals surface area contributed by atoms with Gasteiger partial charge in [0.25, 0.3) is 0 Å². The van der Waals surface area contributed by atoms with Gasteiger partial charge in [0.05, 0.1) is 26.4 Å². The van der Waals surface area contributed by atoms with Crippen molar-refractivity contribution < 1.29 is 80.2 Å². The van der Waals surface area contributed by atoms with Crippen LogP contribution in [0.4, 0.5) is 0 Å². The molecule has 19 heteroatoms. The summed E-state index contributed by atoms with van der Waals surface area (Å²) in [5, 5.41) is 10.7. The van der Waals surface area contributed by atoms with Gasteiger partial charge in [-0.15, -0.1) is 0 Å². The Balaban J connectivity index is 5.20. The van der Waals surface area contributed by atoms with E-state index >= 15 is 0 Å². The molecule has 0 bridgehead atoms. The summed E-state index contributed by atoms with van der Waals surface area (Å²) < 4.78 is 68.8. The van der Waals surface area contributed by atoms with Crippen molar-refractivity contribution in [2.45, 2.75) is 453 Å². The summed E-state index contributed by atoms with van der Waals surface area (Å²) in [7, 11) is -9.93. The maximum Gasteiger partial charge on any atom is 0.472 e. The summed E-state index contributed by atoms with van der Waals surface area (Å²) in [6.07, 6.45) is 61.1. The number of esters is 4. The van der Waals surface area contributed by atoms with E-state index in [0.717, 1.165) is 114 Å². The van der Waals surface area contributed by atoms with Crippen LogP contribution in [0.2, 0.25) is 0 Å². The van der Waals surface area contributed by atoms with Gasteiger partial charge in [0.15, 0.2) is 12.2 Å². The van der Waals surface area contributed by atoms with Gasteiger partial charge in [-0.1, -0.05) is 383 Å². The molecule has 7 atom stereocenters. The van der Waals surface area contributed by atoms with E-state index < -0.39 is 97.5 Å². The molecule has 0 rings (SSSR count). The minimum Gasteiger partial charge on any atom is -0.462 e. The molecule has 17 nitrogen and oxygen atoms in total. The van der Waals surface area contributed by atoms with Gasteiger partial charge >= 0.3 is 39.5 Å². The molecular formula is C84H164O17P2. The minimum atomic E-state index is -4.96. The Hall–Kier alpha value is -1.94. The second kappa shape index (κ2) is 72.9. The van der Waals surface area contributed by atoms with Crippen molar-refractivity contribution in [2.24, 2.45) is 23.7 Å². The first-order valence-electron chi connectivity index (χ1n) is 43.3. The molecule has 0 amide bonds. The Kier molecular flexibility index (Phi) is 71.5. The van der Waals surface area contributed by atoms with Crippen molar-refractivity contribution in [2.75, 3.05) is 39.6 Å². The zero-order chi connectivity index (χ0) is 76.0. The third-order valence-electron chi connectivity index (χ3n) is 20.3. The van der Waals surface area contributed by atoms with E-state index in [-0.39, 0.29) is 25.7 Å². The number of rotatable bonds is 81. The van der Waals surface area contributed by atoms with Crippen LogP contribution in [-0.4, -0.2) is 96.7 Å². The fourth-order valence-corrected chi connectivity index (χ4v) is 14.5. The quantitative estimate of drug-likeness (QED) is 0.0222. The molecule has 0 aliphatic rings. The number of carbonyl (C=O) groups is 4. The zero-order valence-electron chi connectivity index (χ0n) is 68.0. The highest BCUT2D eigenvalue weighted by atomic mass is 31.2. The number of aliphatic hydroxyl groups excluding tert-OH is 1. The predicted octanol–water partition coefficient (Wildman–Crippen LogP) is 25.2. The third kappa shape index (κ3) is 75.3. The summed E-state index contributed by atoms with van der Waals surface area (Å²) in [5.74, 6) is 1.07. The van der Waals surface area contributed by atoms with Crippen LogP contribution in [0.1, 0.15) is 434 Å². The van der Waals surface area contributed by atoms with Gasteiger partial charge in [0.2, 0.25) is 0 Å². The molecule has 0 spiro atoms. The number of hydrogen-bond donors (Lipinski definition) is 3. The van der Waals surface area contributed by atoms with E-state index in [1.807, 2.05) is 0 Å². The molecule has 0 radical (unpaired) electrons. The summed E-state index contributed by atoms with van der Waals surface area (Å²) in [4.78, 5) is 73.1. The fraction of sp³-hybridized carbons (Fsp3) is 0.952. The summed E-state index contributed by atoms with van der Waals surface area (Å²) >= 11 is 0. The number of hydrogen-bond acceptors (Lipinski definition) is 15. The Labute approximate surface area is 632 Å². The molecule has 0 aromatic heterocycles. The lowest BCUT2D eigenvalue weighted by atomic mass is 9.99. The lowest BCUT2D eigenvalue weighted by Gasteiger charge is -2.21. The number of aliphatic hydroxyl groups is 1. The highest BCUT2D eigenvalue weighted by molar-refractivity contribution is 7.47. The van der Waals surface area contributed by atoms with E-state index in [2.05, 4.69) is 55.4 Å². The normalized spacial score (nSPS) is 14.5. The van der Waals surface area contributed by atoms with E-state index in [1.165, 1.54) is 231 Å². The smallest absolute Gasteiger partial charge is 0.462 e. The van der Waals surface area contributed by atoms with Gasteiger partial charge in [-0.05, 0) is 49.4 Å². The maximum absolute atomic E-state index is 13.1. The molecule has 3 N–H and O–H groups in total. The van der Waals surface area contributed by atoms with Crippen molar-refractivity contribution in [3.63, 3.8) is 0 Å². The second-order valence-electron chi connectivity index (χ2n) is 31.7. The molecule has 0 aromatic rings. The molecule has 103 heavy (non-hydrogen) atoms. The van der Waals surface area contributed by atoms with Crippen molar-refractivity contribution in [1.82, 2.24) is 0 Å². The van der Waals surface area contributed by atoms with Gasteiger partial charge in [0.1, 0.15) is 19.3 Å². The average Bonchev–Trinajstić information content (AvgIpc) is 0.950. The molecule has 0 aromatic carbocycles. The van der Waals surface area contributed by atoms with Crippen molar-refractivity contribution in [1.29, 1.82) is 0 Å². The van der Waals surface area contributed by atoms with Crippen LogP contribution in [0.5, 0.6) is 0 Å². The molecule has 612 valence electrons. The van der Waals surface area contributed by atoms with Gasteiger partial charge in [-0.3, -0.25) is 37.3 Å². The van der Waals surface area contributed by atoms with Gasteiger partial charge < -0.3 is 33.8 Å². The summed E-state index contributed by atoms with van der Waals surface area (Å²) in [5.41, 5.74) is 0. The van der Waals surface area contributed by atoms with E-state index in [9.17, 15) is 43.2 Å². The highest BCUT2D eigenvalue weighted by Crippen LogP contribution is 2.45. The molecule has 0 saturated heterocycles. The molecular weight excluding hydrogens is 1340 g/mol. The standard InChI is InChI=1S/C84H164O17P2/c1-9-76(7)62-54-46-38-30-24-20-17-18-22-26-33-41-50-58-66-83(88)101-80(71-95-82(87)65-57-49-43-35-37-45-53-61-75(5)6)73-99-103(92,93)97-69-78(85)68-96-102(90,91)98-72-79(100-84(89)67-59-51-42-34-28-27-31-39-47-55-63-77(8)10-2)70-94-81(86)64-56-48-40-32-25-21-16-14-12-11-13-15-19-23-29-36-44-52-60-74(3)4/h74-80,85H,9-73H2,1-8H3,(H,90,91)(H,92,93)/t76?,77?,78?,79-,80-/m1/s1. The first kappa shape index (κ1) is 101. The third-order valence-corrected chi connectivity index (χ3v) is 22.2. The van der Waals surface area contributed by atoms with Crippen LogP contribution >= 0.6 is 15.6 Å². The molecule has 5 unspecified atom stereocenters. The Morgan fingerprint density at radius 2 is 0.466 bits per heavy atom. The van der Waals surface area contributed by atoms with Crippen molar-refractivity contribution in [3.8, 4) is 0 Å². The predicted molar refractivity (Wildman–Crippen MR) is 423 cm³/mol. The van der Waals surface area contributed by atoms with Crippen molar-refractivity contribution >= 4 is 39.5 Å². The number of phosphoric acid groups is 2. The van der Waals surface area contributed by atoms with Gasteiger partial charge in [-0.2, -0.15) is 0 Å². The summed E-state index contributed by atoms with van der Waals surface area (Å²) in [6.45, 7) is 14.3. The largest absolute Gasteiger partial charge is 0.472 e. The Morgan fingerprint density at radius 3 is 0.689 bits per heavy atom. The first-order valence-corrected chi connectivity index (χ1v) is 46.3. The Morgan fingerprint density at radius 1 is 0.272 bits per heavy atom. The first-order chi connectivity index (χ1) is 49.7. The molecule has 0 aliphatic heterocycles. The van der Waals surface area contributed by atoms with Crippen LogP contribution < -0.4 is 0 Å². The van der Waals surface area contributed by atoms with Crippen LogP contribution in [-0.2, 0) is 65.4 Å². The molecule has 0 heterocycles. The number of carbonyl (C=O) groups excluding carboxylic acids is 4. The van der Waals surface area contributed by atoms with E-state index in [0.29, 0.717) is 31.6 Å². The SMILES string of the molecule is CCC(C)CCCCCCCCCCCCCCCCC(=O)O[C@H](COC(=O)CCCCCCCCCC(C)C)COP(=O)(O)OCC(O)COP(=O)(O)OC[C@@H](COC(=O)CCCCCCCCCCCCCCCCCCCCC(C)C)OC(=O)CCCCCCCCCCCCC(C)CC. The lowest BCUT2D eigenvalue weighted by Crippen LogP contribution is -2.30. The maximum atomic E-state index is 13.1. The van der Waals surface area contributed by atoms with Crippen LogP contribution in [0, 0.1) is 23.7 Å². The van der Waals surface area contributed by atoms with E-state index in [4.69, 9.17) is 37.0 Å². The minimum absolute atomic E-state index is 0.106. The van der Waals surface area contributed by atoms with E-state index in [1.54, 1.807) is 0 Å². The summed E-state index contributed by atoms with van der Waals surface area (Å²) in [6, 6.07) is 0. The molecule has 0 saturated carbocycles. The number of phosphoric ester groups is 2. The Bertz CT molecular complexity index is 2010. The zero-order valence-corrected chi connectivity index (χ0v) is 69.7. The lowest BCUT2D eigenvalue weighted by molar-refractivity contribution is -0.161. The topological polar surface area (TPSA) is 237 Å². The second-order valence-corrected chi connectivity index (χ2v) is 34.6. The molecule has 0 aliphatic carbocycles. The van der Waals surface area contributed by atoms with Crippen LogP contribution in [0.3, 0.4) is 0 Å². The van der Waals surface area contributed by atoms with Gasteiger partial charge in [-0.25, -0.2) is 9.13 Å². The van der Waals surface area contributed by atoms with Crippen LogP contribution in [0.25, 0.3) is 0 Å².